The largest absolute Gasteiger partial charge is 0.488 e. The average Bonchev–Trinajstić information content (AvgIpc) is 2.58. The van der Waals surface area contributed by atoms with E-state index in [0.29, 0.717) is 23.4 Å². The number of carboxylic acids is 1. The average molecular weight is 357 g/mol. The molecule has 2 rings (SSSR count). The first-order chi connectivity index (χ1) is 12.2. The van der Waals surface area contributed by atoms with Crippen LogP contribution < -0.4 is 10.1 Å². The smallest absolute Gasteiger partial charge is 0.339 e. The van der Waals surface area contributed by atoms with Gasteiger partial charge in [-0.1, -0.05) is 30.3 Å². The number of ether oxygens (including phenoxy) is 1. The van der Waals surface area contributed by atoms with Gasteiger partial charge in [-0.15, -0.1) is 0 Å². The van der Waals surface area contributed by atoms with Gasteiger partial charge >= 0.3 is 5.97 Å². The number of carbonyl (C=O) groups is 1. The van der Waals surface area contributed by atoms with E-state index in [1.54, 1.807) is 13.0 Å². The minimum absolute atomic E-state index is 0.0609. The van der Waals surface area contributed by atoms with Gasteiger partial charge in [0.25, 0.3) is 0 Å². The van der Waals surface area contributed by atoms with Crippen LogP contribution >= 0.6 is 0 Å². The van der Waals surface area contributed by atoms with Gasteiger partial charge in [-0.3, -0.25) is 0 Å². The maximum Gasteiger partial charge on any atom is 0.339 e. The Hall–Kier alpha value is -2.37. The van der Waals surface area contributed by atoms with Crippen molar-refractivity contribution in [3.63, 3.8) is 0 Å². The van der Waals surface area contributed by atoms with E-state index in [1.807, 2.05) is 51.1 Å². The predicted molar refractivity (Wildman–Crippen MR) is 102 cm³/mol. The van der Waals surface area contributed by atoms with E-state index >= 15 is 0 Å². The molecule has 0 saturated heterocycles. The predicted octanol–water partition coefficient (Wildman–Crippen LogP) is 3.69. The highest BCUT2D eigenvalue weighted by Gasteiger charge is 2.20. The number of rotatable bonds is 7. The van der Waals surface area contributed by atoms with Gasteiger partial charge in [0, 0.05) is 12.1 Å². The number of aromatic carboxylic acids is 1. The van der Waals surface area contributed by atoms with Crippen LogP contribution in [0, 0.1) is 6.92 Å². The summed E-state index contributed by atoms with van der Waals surface area (Å²) in [5, 5.41) is 23.2. The first-order valence-corrected chi connectivity index (χ1v) is 8.65. The van der Waals surface area contributed by atoms with Gasteiger partial charge in [0.1, 0.15) is 17.9 Å². The van der Waals surface area contributed by atoms with Crippen LogP contribution in [0.3, 0.4) is 0 Å². The van der Waals surface area contributed by atoms with Gasteiger partial charge in [-0.25, -0.2) is 4.79 Å². The summed E-state index contributed by atoms with van der Waals surface area (Å²) in [5.41, 5.74) is 2.13. The molecule has 0 aliphatic heterocycles. The van der Waals surface area contributed by atoms with E-state index in [0.717, 1.165) is 5.56 Å². The van der Waals surface area contributed by atoms with Crippen molar-refractivity contribution in [3.05, 3.63) is 64.7 Å². The second-order valence-corrected chi connectivity index (χ2v) is 7.44. The van der Waals surface area contributed by atoms with Gasteiger partial charge < -0.3 is 20.3 Å². The third-order valence-electron chi connectivity index (χ3n) is 3.96. The van der Waals surface area contributed by atoms with Crippen LogP contribution in [0.5, 0.6) is 5.75 Å². The van der Waals surface area contributed by atoms with Gasteiger partial charge in [0.15, 0.2) is 0 Å². The fourth-order valence-electron chi connectivity index (χ4n) is 2.60. The number of hydrogen-bond acceptors (Lipinski definition) is 4. The molecule has 0 aliphatic carbocycles. The van der Waals surface area contributed by atoms with Crippen molar-refractivity contribution in [1.29, 1.82) is 0 Å². The molecule has 2 aromatic carbocycles. The van der Waals surface area contributed by atoms with E-state index in [4.69, 9.17) is 4.74 Å². The third-order valence-corrected chi connectivity index (χ3v) is 3.96. The first-order valence-electron chi connectivity index (χ1n) is 8.65. The van der Waals surface area contributed by atoms with Crippen molar-refractivity contribution < 1.29 is 19.7 Å². The maximum atomic E-state index is 11.7. The van der Waals surface area contributed by atoms with Crippen LogP contribution in [0.15, 0.2) is 42.5 Å². The Kier molecular flexibility index (Phi) is 6.40. The number of carboxylic acid groups (broad SMARTS) is 1. The first kappa shape index (κ1) is 19.9. The van der Waals surface area contributed by atoms with E-state index in [2.05, 4.69) is 5.32 Å². The monoisotopic (exact) mass is 357 g/mol. The van der Waals surface area contributed by atoms with Crippen LogP contribution in [-0.4, -0.2) is 28.3 Å². The number of aliphatic hydroxyl groups excluding tert-OH is 1. The highest BCUT2D eigenvalue weighted by Crippen LogP contribution is 2.29. The second-order valence-electron chi connectivity index (χ2n) is 7.44. The minimum atomic E-state index is -1.08. The molecule has 0 heterocycles. The Labute approximate surface area is 154 Å². The Balaban J connectivity index is 2.23. The Bertz CT molecular complexity index is 751. The summed E-state index contributed by atoms with van der Waals surface area (Å²) in [7, 11) is 0. The van der Waals surface area contributed by atoms with E-state index < -0.39 is 12.1 Å². The molecular formula is C21H27NO4. The molecule has 0 bridgehead atoms. The van der Waals surface area contributed by atoms with Gasteiger partial charge in [-0.2, -0.15) is 0 Å². The molecule has 1 atom stereocenters. The molecule has 0 aromatic heterocycles. The summed E-state index contributed by atoms with van der Waals surface area (Å²) >= 11 is 0. The Morgan fingerprint density at radius 1 is 1.19 bits per heavy atom. The summed E-state index contributed by atoms with van der Waals surface area (Å²) in [6, 6.07) is 12.8. The molecule has 26 heavy (non-hydrogen) atoms. The Morgan fingerprint density at radius 2 is 1.85 bits per heavy atom. The highest BCUT2D eigenvalue weighted by molar-refractivity contribution is 5.91. The topological polar surface area (TPSA) is 78.8 Å². The molecule has 5 nitrogen and oxygen atoms in total. The maximum absolute atomic E-state index is 11.7. The normalized spacial score (nSPS) is 12.7. The van der Waals surface area contributed by atoms with E-state index in [9.17, 15) is 15.0 Å². The van der Waals surface area contributed by atoms with Crippen LogP contribution in [0.2, 0.25) is 0 Å². The fourth-order valence-corrected chi connectivity index (χ4v) is 2.60. The summed E-state index contributed by atoms with van der Waals surface area (Å²) in [4.78, 5) is 11.7. The van der Waals surface area contributed by atoms with Gasteiger partial charge in [0.05, 0.1) is 6.10 Å². The summed E-state index contributed by atoms with van der Waals surface area (Å²) in [5.74, 6) is -0.741. The molecule has 0 radical (unpaired) electrons. The lowest BCUT2D eigenvalue weighted by molar-refractivity contribution is 0.0691. The van der Waals surface area contributed by atoms with Gasteiger partial charge in [-0.05, 0) is 56.5 Å². The Morgan fingerprint density at radius 3 is 2.42 bits per heavy atom. The molecule has 2 aromatic rings. The van der Waals surface area contributed by atoms with E-state index in [1.165, 1.54) is 6.07 Å². The number of benzene rings is 2. The third kappa shape index (κ3) is 5.58. The fraction of sp³-hybridized carbons (Fsp3) is 0.381. The van der Waals surface area contributed by atoms with Crippen molar-refractivity contribution in [2.45, 2.75) is 45.9 Å². The van der Waals surface area contributed by atoms with Crippen LogP contribution in [0.25, 0.3) is 0 Å². The highest BCUT2D eigenvalue weighted by atomic mass is 16.5. The standard InChI is InChI=1S/C21H27NO4/c1-14-10-16(18(23)12-22-21(2,3)4)11-17(20(24)25)19(14)26-13-15-8-6-5-7-9-15/h5-11,18,22-23H,12-13H2,1-4H3,(H,24,25)/t18-/m1/s1. The minimum Gasteiger partial charge on any atom is -0.488 e. The molecule has 0 spiro atoms. The van der Waals surface area contributed by atoms with Crippen molar-refractivity contribution in [2.75, 3.05) is 6.54 Å². The van der Waals surface area contributed by atoms with Crippen LogP contribution in [0.1, 0.15) is 53.9 Å². The number of hydrogen-bond donors (Lipinski definition) is 3. The molecule has 3 N–H and O–H groups in total. The molecule has 0 saturated carbocycles. The lowest BCUT2D eigenvalue weighted by atomic mass is 10.00. The molecule has 0 amide bonds. The number of nitrogens with one attached hydrogen (secondary N) is 1. The summed E-state index contributed by atoms with van der Waals surface area (Å²) < 4.78 is 5.79. The zero-order valence-corrected chi connectivity index (χ0v) is 15.7. The lowest BCUT2D eigenvalue weighted by Crippen LogP contribution is -2.38. The molecule has 140 valence electrons. The SMILES string of the molecule is Cc1cc([C@H](O)CNC(C)(C)C)cc(C(=O)O)c1OCc1ccccc1. The summed E-state index contributed by atoms with van der Waals surface area (Å²) in [6.07, 6.45) is -0.797. The van der Waals surface area contributed by atoms with Crippen molar-refractivity contribution in [1.82, 2.24) is 5.32 Å². The zero-order chi connectivity index (χ0) is 19.3. The number of aliphatic hydroxyl groups is 1. The van der Waals surface area contributed by atoms with Crippen molar-refractivity contribution in [2.24, 2.45) is 0 Å². The molecule has 0 fully saturated rings. The number of β-amino-alcohol motifs (C(OH)–C–C–N with tert-alkyl or cyclic N) is 1. The van der Waals surface area contributed by atoms with Crippen molar-refractivity contribution in [3.8, 4) is 5.75 Å². The van der Waals surface area contributed by atoms with Crippen LogP contribution in [0.4, 0.5) is 0 Å². The lowest BCUT2D eigenvalue weighted by Gasteiger charge is -2.23. The van der Waals surface area contributed by atoms with Crippen LogP contribution in [-0.2, 0) is 6.61 Å². The second kappa shape index (κ2) is 8.34. The van der Waals surface area contributed by atoms with E-state index in [-0.39, 0.29) is 17.7 Å². The summed E-state index contributed by atoms with van der Waals surface area (Å²) in [6.45, 7) is 8.44. The zero-order valence-electron chi connectivity index (χ0n) is 15.7. The number of aryl methyl sites for hydroxylation is 1. The van der Waals surface area contributed by atoms with Gasteiger partial charge in [0.2, 0.25) is 0 Å². The molecular weight excluding hydrogens is 330 g/mol. The molecule has 0 aliphatic rings. The quantitative estimate of drug-likeness (QED) is 0.704. The molecule has 0 unspecified atom stereocenters. The molecule has 5 heteroatoms. The van der Waals surface area contributed by atoms with Crippen molar-refractivity contribution >= 4 is 5.97 Å².